The number of nitrogens with zero attached hydrogens (tertiary/aromatic N) is 3. The minimum Gasteiger partial charge on any atom is -0.443 e. The van der Waals surface area contributed by atoms with E-state index in [9.17, 15) is 28.4 Å². The third-order valence-electron chi connectivity index (χ3n) is 7.49. The molecule has 1 atom stereocenters. The maximum atomic E-state index is 13.8. The van der Waals surface area contributed by atoms with Gasteiger partial charge in [-0.1, -0.05) is 36.4 Å². The van der Waals surface area contributed by atoms with Crippen LogP contribution in [0.1, 0.15) is 52.5 Å². The van der Waals surface area contributed by atoms with Crippen molar-refractivity contribution in [3.63, 3.8) is 0 Å². The number of halogens is 1. The van der Waals surface area contributed by atoms with Gasteiger partial charge in [0.25, 0.3) is 5.69 Å². The van der Waals surface area contributed by atoms with Crippen LogP contribution in [0.5, 0.6) is 0 Å². The average Bonchev–Trinajstić information content (AvgIpc) is 3.48. The first-order chi connectivity index (χ1) is 19.2. The second kappa shape index (κ2) is 11.5. The summed E-state index contributed by atoms with van der Waals surface area (Å²) in [5.41, 5.74) is -2.62. The van der Waals surface area contributed by atoms with Crippen LogP contribution in [-0.2, 0) is 20.4 Å². The van der Waals surface area contributed by atoms with Gasteiger partial charge in [-0.2, -0.15) is 4.31 Å². The molecule has 2 aromatic rings. The Labute approximate surface area is 254 Å². The molecule has 12 heteroatoms. The molecule has 1 N–H and O–H groups in total. The van der Waals surface area contributed by atoms with E-state index in [0.717, 1.165) is 15.7 Å². The number of nitro groups is 1. The lowest BCUT2D eigenvalue weighted by Crippen LogP contribution is -2.60. The number of anilines is 1. The molecule has 220 valence electrons. The van der Waals surface area contributed by atoms with E-state index in [2.05, 4.69) is 22.6 Å². The number of hydrogen-bond donors (Lipinski definition) is 1. The molecular weight excluding hydrogens is 661 g/mol. The normalized spacial score (nSPS) is 20.1. The van der Waals surface area contributed by atoms with Crippen molar-refractivity contribution < 1.29 is 28.0 Å². The number of hydrogen-bond acceptors (Lipinski definition) is 7. The van der Waals surface area contributed by atoms with Crippen LogP contribution in [-0.4, -0.2) is 53.1 Å². The molecule has 1 aliphatic heterocycles. The van der Waals surface area contributed by atoms with Gasteiger partial charge in [0.05, 0.1) is 21.0 Å². The van der Waals surface area contributed by atoms with E-state index >= 15 is 0 Å². The van der Waals surface area contributed by atoms with E-state index in [4.69, 9.17) is 4.74 Å². The summed E-state index contributed by atoms with van der Waals surface area (Å²) < 4.78 is 35.4. The fraction of sp³-hybridized carbons (Fsp3) is 0.414. The maximum absolute atomic E-state index is 13.8. The van der Waals surface area contributed by atoms with Crippen molar-refractivity contribution in [3.8, 4) is 0 Å². The van der Waals surface area contributed by atoms with Crippen LogP contribution < -0.4 is 4.90 Å². The second-order valence-corrected chi connectivity index (χ2v) is 14.5. The molecule has 41 heavy (non-hydrogen) atoms. The van der Waals surface area contributed by atoms with E-state index in [-0.39, 0.29) is 30.1 Å². The Hall–Kier alpha value is -2.81. The molecule has 0 bridgehead atoms. The minimum atomic E-state index is -4.10. The van der Waals surface area contributed by atoms with Crippen molar-refractivity contribution in [2.75, 3.05) is 18.0 Å². The summed E-state index contributed by atoms with van der Waals surface area (Å²) in [6.45, 7) is 7.12. The molecule has 2 aromatic carbocycles. The predicted molar refractivity (Wildman–Crippen MR) is 164 cm³/mol. The van der Waals surface area contributed by atoms with Gasteiger partial charge >= 0.3 is 6.09 Å². The molecule has 0 saturated heterocycles. The van der Waals surface area contributed by atoms with Gasteiger partial charge in [-0.15, -0.1) is 0 Å². The number of aliphatic hydroxyl groups is 1. The van der Waals surface area contributed by atoms with Crippen molar-refractivity contribution in [1.82, 2.24) is 4.31 Å². The number of sulfonamides is 1. The van der Waals surface area contributed by atoms with E-state index in [1.54, 1.807) is 62.9 Å². The number of fused-ring (bicyclic) bond motifs is 1. The lowest BCUT2D eigenvalue weighted by Gasteiger charge is -2.45. The lowest BCUT2D eigenvalue weighted by atomic mass is 9.73. The molecule has 0 fully saturated rings. The van der Waals surface area contributed by atoms with Crippen LogP contribution in [0.2, 0.25) is 0 Å². The van der Waals surface area contributed by atoms with Crippen molar-refractivity contribution >= 4 is 50.1 Å². The van der Waals surface area contributed by atoms with Gasteiger partial charge in [0.2, 0.25) is 10.0 Å². The van der Waals surface area contributed by atoms with Gasteiger partial charge in [-0.25, -0.2) is 13.2 Å². The molecule has 0 aromatic heterocycles. The number of allylic oxidation sites excluding steroid dienone is 1. The number of benzene rings is 2. The van der Waals surface area contributed by atoms with E-state index < -0.39 is 37.8 Å². The summed E-state index contributed by atoms with van der Waals surface area (Å²) in [7, 11) is -4.10. The molecule has 0 radical (unpaired) electrons. The maximum Gasteiger partial charge on any atom is 0.415 e. The van der Waals surface area contributed by atoms with Crippen LogP contribution in [0.25, 0.3) is 0 Å². The molecule has 4 rings (SSSR count). The molecule has 1 spiro atoms. The van der Waals surface area contributed by atoms with Crippen molar-refractivity contribution in [2.45, 2.75) is 68.6 Å². The number of amides is 1. The number of non-ortho nitro benzene ring substituents is 1. The zero-order valence-electron chi connectivity index (χ0n) is 23.4. The first-order valence-corrected chi connectivity index (χ1v) is 15.7. The van der Waals surface area contributed by atoms with Crippen LogP contribution in [0.3, 0.4) is 0 Å². The SMILES string of the molecule is C/C=C(\I)CN(CCC1(O)c2ccccc2N(C(=O)OC(C)(C)C)C12CC=CC2)S(=O)(=O)c1ccc([N+](=O)[O-])cc1. The van der Waals surface area contributed by atoms with E-state index in [0.29, 0.717) is 24.1 Å². The van der Waals surface area contributed by atoms with Crippen LogP contribution in [0.4, 0.5) is 16.2 Å². The standard InChI is InChI=1S/C29H34IN3O7S/c1-5-21(30)20-31(41(38,39)23-14-12-22(13-15-23)33(36)37)19-18-29(35)24-10-6-7-11-25(24)32(26(34)40-27(2,3)4)28(29)16-8-9-17-28/h5-15,35H,16-20H2,1-4H3/b21-5-. The molecule has 1 heterocycles. The first kappa shape index (κ1) is 31.1. The fourth-order valence-electron chi connectivity index (χ4n) is 5.51. The average molecular weight is 696 g/mol. The van der Waals surface area contributed by atoms with Gasteiger partial charge in [-0.05, 0) is 87.7 Å². The van der Waals surface area contributed by atoms with Crippen LogP contribution in [0.15, 0.2) is 75.2 Å². The predicted octanol–water partition coefficient (Wildman–Crippen LogP) is 6.05. The summed E-state index contributed by atoms with van der Waals surface area (Å²) >= 11 is 2.07. The number of carbonyl (C=O) groups excluding carboxylic acids is 1. The Morgan fingerprint density at radius 1 is 1.17 bits per heavy atom. The van der Waals surface area contributed by atoms with Crippen molar-refractivity contribution in [1.29, 1.82) is 0 Å². The van der Waals surface area contributed by atoms with Crippen LogP contribution >= 0.6 is 22.6 Å². The lowest BCUT2D eigenvalue weighted by molar-refractivity contribution is -0.384. The molecule has 10 nitrogen and oxygen atoms in total. The van der Waals surface area contributed by atoms with Gasteiger partial charge < -0.3 is 9.84 Å². The molecular formula is C29H34IN3O7S. The molecule has 2 aliphatic rings. The number of rotatable bonds is 8. The highest BCUT2D eigenvalue weighted by Crippen LogP contribution is 2.57. The van der Waals surface area contributed by atoms with Gasteiger partial charge in [-0.3, -0.25) is 15.0 Å². The van der Waals surface area contributed by atoms with Crippen molar-refractivity contribution in [2.24, 2.45) is 0 Å². The third kappa shape index (κ3) is 5.79. The number of para-hydroxylation sites is 1. The van der Waals surface area contributed by atoms with E-state index in [1.165, 1.54) is 16.4 Å². The monoisotopic (exact) mass is 695 g/mol. The fourth-order valence-corrected chi connectivity index (χ4v) is 7.57. The van der Waals surface area contributed by atoms with Gasteiger partial charge in [0.1, 0.15) is 11.2 Å². The molecule has 1 amide bonds. The minimum absolute atomic E-state index is 0.00909. The Balaban J connectivity index is 1.75. The zero-order chi connectivity index (χ0) is 30.2. The molecule has 1 unspecified atom stereocenters. The zero-order valence-corrected chi connectivity index (χ0v) is 26.4. The summed E-state index contributed by atoms with van der Waals surface area (Å²) in [5.74, 6) is 0. The second-order valence-electron chi connectivity index (χ2n) is 11.2. The number of nitro benzene ring substituents is 1. The highest BCUT2D eigenvalue weighted by Gasteiger charge is 2.63. The topological polar surface area (TPSA) is 130 Å². The van der Waals surface area contributed by atoms with Crippen LogP contribution in [0, 0.1) is 10.1 Å². The summed E-state index contributed by atoms with van der Waals surface area (Å²) in [4.78, 5) is 25.6. The largest absolute Gasteiger partial charge is 0.443 e. The highest BCUT2D eigenvalue weighted by molar-refractivity contribution is 14.1. The van der Waals surface area contributed by atoms with Crippen molar-refractivity contribution in [3.05, 3.63) is 86.0 Å². The molecule has 0 saturated carbocycles. The Morgan fingerprint density at radius 2 is 1.78 bits per heavy atom. The highest BCUT2D eigenvalue weighted by atomic mass is 127. The smallest absolute Gasteiger partial charge is 0.415 e. The van der Waals surface area contributed by atoms with Gasteiger partial charge in [0.15, 0.2) is 0 Å². The van der Waals surface area contributed by atoms with Gasteiger partial charge in [0, 0.05) is 34.4 Å². The number of carbonyl (C=O) groups is 1. The molecule has 1 aliphatic carbocycles. The number of ether oxygens (including phenoxy) is 1. The third-order valence-corrected chi connectivity index (χ3v) is 10.3. The Kier molecular flexibility index (Phi) is 8.70. The summed E-state index contributed by atoms with van der Waals surface area (Å²) in [5, 5.41) is 23.7. The Bertz CT molecular complexity index is 1490. The quantitative estimate of drug-likeness (QED) is 0.154. The summed E-state index contributed by atoms with van der Waals surface area (Å²) in [6, 6.07) is 11.9. The summed E-state index contributed by atoms with van der Waals surface area (Å²) in [6.07, 6.45) is 5.77. The Morgan fingerprint density at radius 3 is 2.34 bits per heavy atom. The first-order valence-electron chi connectivity index (χ1n) is 13.2. The van der Waals surface area contributed by atoms with E-state index in [1.807, 2.05) is 12.2 Å².